The second-order valence-corrected chi connectivity index (χ2v) is 7.69. The molecule has 29 heavy (non-hydrogen) atoms. The minimum atomic E-state index is -3.78. The van der Waals surface area contributed by atoms with Crippen LogP contribution in [-0.2, 0) is 14.8 Å². The number of sulfonamides is 1. The molecule has 152 valence electrons. The lowest BCUT2D eigenvalue weighted by atomic mass is 9.79. The molecular formula is C18H20BN3O6S. The van der Waals surface area contributed by atoms with E-state index >= 15 is 0 Å². The maximum Gasteiger partial charge on any atom is 0.492 e. The molecule has 3 rings (SSSR count). The van der Waals surface area contributed by atoms with Crippen LogP contribution in [0.15, 0.2) is 56.9 Å². The van der Waals surface area contributed by atoms with E-state index in [0.29, 0.717) is 23.5 Å². The normalized spacial score (nSPS) is 14.6. The Morgan fingerprint density at radius 3 is 2.66 bits per heavy atom. The SMILES string of the molecule is COCCN(/N=C/c1ccc(B(O)O)c(OC)c1)C1=NS(=O)(=O)c2ccccc21. The molecule has 2 aromatic rings. The average molecular weight is 417 g/mol. The minimum Gasteiger partial charge on any atom is -0.497 e. The number of hydrogen-bond acceptors (Lipinski definition) is 8. The number of nitrogens with zero attached hydrogens (tertiary/aromatic N) is 3. The third-order valence-electron chi connectivity index (χ3n) is 4.25. The van der Waals surface area contributed by atoms with Crippen molar-refractivity contribution in [1.29, 1.82) is 0 Å². The van der Waals surface area contributed by atoms with Crippen molar-refractivity contribution in [3.8, 4) is 5.75 Å². The smallest absolute Gasteiger partial charge is 0.492 e. The second kappa shape index (κ2) is 8.74. The molecule has 0 unspecified atom stereocenters. The predicted octanol–water partition coefficient (Wildman–Crippen LogP) is -0.194. The fourth-order valence-corrected chi connectivity index (χ4v) is 4.03. The molecule has 9 nitrogen and oxygen atoms in total. The van der Waals surface area contributed by atoms with Gasteiger partial charge < -0.3 is 19.5 Å². The largest absolute Gasteiger partial charge is 0.497 e. The predicted molar refractivity (Wildman–Crippen MR) is 109 cm³/mol. The van der Waals surface area contributed by atoms with E-state index in [2.05, 4.69) is 9.50 Å². The van der Waals surface area contributed by atoms with Crippen molar-refractivity contribution in [2.75, 3.05) is 27.4 Å². The number of ether oxygens (including phenoxy) is 2. The van der Waals surface area contributed by atoms with Crippen molar-refractivity contribution in [3.05, 3.63) is 53.6 Å². The van der Waals surface area contributed by atoms with Crippen molar-refractivity contribution in [2.24, 2.45) is 9.50 Å². The van der Waals surface area contributed by atoms with E-state index in [1.165, 1.54) is 37.6 Å². The lowest BCUT2D eigenvalue weighted by Gasteiger charge is -2.18. The Balaban J connectivity index is 1.95. The Morgan fingerprint density at radius 1 is 1.21 bits per heavy atom. The lowest BCUT2D eigenvalue weighted by molar-refractivity contribution is 0.178. The van der Waals surface area contributed by atoms with Crippen LogP contribution in [0.3, 0.4) is 0 Å². The van der Waals surface area contributed by atoms with Gasteiger partial charge in [-0.05, 0) is 23.8 Å². The summed E-state index contributed by atoms with van der Waals surface area (Å²) in [6.45, 7) is 0.581. The molecule has 0 saturated carbocycles. The molecule has 2 N–H and O–H groups in total. The number of fused-ring (bicyclic) bond motifs is 1. The summed E-state index contributed by atoms with van der Waals surface area (Å²) in [7, 11) is -2.49. The second-order valence-electron chi connectivity index (χ2n) is 6.12. The zero-order valence-corrected chi connectivity index (χ0v) is 16.7. The van der Waals surface area contributed by atoms with Gasteiger partial charge in [0.1, 0.15) is 10.6 Å². The van der Waals surface area contributed by atoms with E-state index in [1.54, 1.807) is 30.3 Å². The monoisotopic (exact) mass is 417 g/mol. The van der Waals surface area contributed by atoms with Crippen LogP contribution < -0.4 is 10.2 Å². The van der Waals surface area contributed by atoms with Gasteiger partial charge in [0.05, 0.1) is 26.5 Å². The van der Waals surface area contributed by atoms with Crippen molar-refractivity contribution in [2.45, 2.75) is 4.90 Å². The molecule has 0 amide bonds. The summed E-state index contributed by atoms with van der Waals surface area (Å²) in [5, 5.41) is 24.6. The highest BCUT2D eigenvalue weighted by atomic mass is 32.2. The molecule has 0 aliphatic carbocycles. The van der Waals surface area contributed by atoms with Gasteiger partial charge in [0.25, 0.3) is 10.0 Å². The third kappa shape index (κ3) is 4.48. The summed E-state index contributed by atoms with van der Waals surface area (Å²) in [6.07, 6.45) is 1.50. The molecule has 11 heteroatoms. The zero-order valence-electron chi connectivity index (χ0n) is 15.9. The van der Waals surface area contributed by atoms with Crippen LogP contribution in [-0.4, -0.2) is 70.0 Å². The first-order chi connectivity index (χ1) is 13.9. The lowest BCUT2D eigenvalue weighted by Crippen LogP contribution is -2.31. The summed E-state index contributed by atoms with van der Waals surface area (Å²) in [4.78, 5) is 0.135. The first-order valence-corrected chi connectivity index (χ1v) is 10.1. The number of benzene rings is 2. The topological polar surface area (TPSA) is 121 Å². The molecule has 0 aromatic heterocycles. The van der Waals surface area contributed by atoms with Crippen LogP contribution in [0, 0.1) is 0 Å². The van der Waals surface area contributed by atoms with Gasteiger partial charge in [-0.2, -0.15) is 13.5 Å². The third-order valence-corrected chi connectivity index (χ3v) is 5.57. The van der Waals surface area contributed by atoms with Gasteiger partial charge in [0, 0.05) is 18.1 Å². The summed E-state index contributed by atoms with van der Waals surface area (Å²) >= 11 is 0. The number of hydrazone groups is 1. The van der Waals surface area contributed by atoms with Crippen LogP contribution in [0.5, 0.6) is 5.75 Å². The molecule has 0 radical (unpaired) electrons. The minimum absolute atomic E-state index is 0.135. The van der Waals surface area contributed by atoms with E-state index in [9.17, 15) is 18.5 Å². The Hall–Kier alpha value is -2.73. The van der Waals surface area contributed by atoms with Gasteiger partial charge >= 0.3 is 7.12 Å². The summed E-state index contributed by atoms with van der Waals surface area (Å²) in [5.41, 5.74) is 1.31. The zero-order chi connectivity index (χ0) is 21.0. The van der Waals surface area contributed by atoms with Crippen LogP contribution in [0.2, 0.25) is 0 Å². The number of hydrogen-bond donors (Lipinski definition) is 2. The number of methoxy groups -OCH3 is 2. The van der Waals surface area contributed by atoms with E-state index < -0.39 is 17.1 Å². The summed E-state index contributed by atoms with van der Waals surface area (Å²) in [5.74, 6) is 0.502. The Kier molecular flexibility index (Phi) is 6.33. The molecule has 0 bridgehead atoms. The maximum atomic E-state index is 12.3. The fourth-order valence-electron chi connectivity index (χ4n) is 2.83. The molecule has 1 heterocycles. The Morgan fingerprint density at radius 2 is 1.97 bits per heavy atom. The standard InChI is InChI=1S/C18H20BN3O6S/c1-27-10-9-22(18-14-5-3-4-6-17(14)29(25,26)21-18)20-12-13-7-8-15(19(23)24)16(11-13)28-2/h3-8,11-12,23-24H,9-10H2,1-2H3/b20-12+. The van der Waals surface area contributed by atoms with Crippen molar-refractivity contribution >= 4 is 34.7 Å². The average Bonchev–Trinajstić information content (AvgIpc) is 2.99. The fraction of sp³-hybridized carbons (Fsp3) is 0.222. The first kappa shape index (κ1) is 21.0. The summed E-state index contributed by atoms with van der Waals surface area (Å²) < 4.78 is 38.8. The number of amidine groups is 1. The highest BCUT2D eigenvalue weighted by Gasteiger charge is 2.31. The van der Waals surface area contributed by atoms with Crippen LogP contribution in [0.1, 0.15) is 11.1 Å². The first-order valence-electron chi connectivity index (χ1n) is 8.66. The van der Waals surface area contributed by atoms with Gasteiger partial charge in [-0.25, -0.2) is 5.01 Å². The van der Waals surface area contributed by atoms with E-state index in [4.69, 9.17) is 9.47 Å². The maximum absolute atomic E-state index is 12.3. The van der Waals surface area contributed by atoms with E-state index in [0.717, 1.165) is 0 Å². The molecule has 0 fully saturated rings. The van der Waals surface area contributed by atoms with E-state index in [1.807, 2.05) is 0 Å². The van der Waals surface area contributed by atoms with Crippen molar-refractivity contribution < 1.29 is 27.9 Å². The molecule has 2 aromatic carbocycles. The molecule has 1 aliphatic rings. The Labute approximate surface area is 169 Å². The highest BCUT2D eigenvalue weighted by molar-refractivity contribution is 7.90. The number of rotatable bonds is 7. The van der Waals surface area contributed by atoms with Crippen molar-refractivity contribution in [3.63, 3.8) is 0 Å². The van der Waals surface area contributed by atoms with E-state index in [-0.39, 0.29) is 22.7 Å². The highest BCUT2D eigenvalue weighted by Crippen LogP contribution is 2.27. The molecule has 0 saturated heterocycles. The van der Waals surface area contributed by atoms with Crippen LogP contribution in [0.25, 0.3) is 0 Å². The van der Waals surface area contributed by atoms with Crippen LogP contribution in [0.4, 0.5) is 0 Å². The quantitative estimate of drug-likeness (QED) is 0.364. The van der Waals surface area contributed by atoms with Gasteiger partial charge in [-0.1, -0.05) is 24.3 Å². The Bertz CT molecular complexity index is 1060. The van der Waals surface area contributed by atoms with Gasteiger partial charge in [0.15, 0.2) is 5.84 Å². The summed E-state index contributed by atoms with van der Waals surface area (Å²) in [6, 6.07) is 11.3. The molecule has 1 aliphatic heterocycles. The van der Waals surface area contributed by atoms with Crippen molar-refractivity contribution in [1.82, 2.24) is 5.01 Å². The molecule has 0 atom stereocenters. The molecular weight excluding hydrogens is 397 g/mol. The van der Waals surface area contributed by atoms with Gasteiger partial charge in [-0.3, -0.25) is 0 Å². The van der Waals surface area contributed by atoms with Crippen LogP contribution >= 0.6 is 0 Å². The van der Waals surface area contributed by atoms with Gasteiger partial charge in [0.2, 0.25) is 0 Å². The molecule has 0 spiro atoms. The van der Waals surface area contributed by atoms with Gasteiger partial charge in [-0.15, -0.1) is 4.40 Å².